The van der Waals surface area contributed by atoms with Gasteiger partial charge in [0.25, 0.3) is 11.6 Å². The molecule has 0 atom stereocenters. The van der Waals surface area contributed by atoms with E-state index in [4.69, 9.17) is 4.42 Å². The maximum atomic E-state index is 12.2. The van der Waals surface area contributed by atoms with Gasteiger partial charge in [-0.25, -0.2) is 0 Å². The number of carbonyl (C=O) groups excluding carboxylic acids is 1. The smallest absolute Gasteiger partial charge is 0.322 e. The fourth-order valence-corrected chi connectivity index (χ4v) is 2.45. The van der Waals surface area contributed by atoms with Crippen molar-refractivity contribution < 1.29 is 14.1 Å². The first-order chi connectivity index (χ1) is 12.4. The van der Waals surface area contributed by atoms with Crippen molar-refractivity contribution in [1.29, 1.82) is 0 Å². The summed E-state index contributed by atoms with van der Waals surface area (Å²) >= 11 is 0. The number of benzene rings is 2. The predicted octanol–water partition coefficient (Wildman–Crippen LogP) is 3.44. The SMILES string of the molecule is Cc1ccc(Cc2nnc(NC(=O)c3ccccc3[N+](=O)[O-])o2)cc1C. The van der Waals surface area contributed by atoms with Crippen LogP contribution in [0.5, 0.6) is 0 Å². The highest BCUT2D eigenvalue weighted by atomic mass is 16.6. The summed E-state index contributed by atoms with van der Waals surface area (Å²) in [6, 6.07) is 11.6. The Kier molecular flexibility index (Phi) is 4.74. The van der Waals surface area contributed by atoms with Gasteiger partial charge in [0.15, 0.2) is 0 Å². The molecular weight excluding hydrogens is 336 g/mol. The zero-order chi connectivity index (χ0) is 18.7. The minimum atomic E-state index is -0.682. The van der Waals surface area contributed by atoms with Crippen molar-refractivity contribution in [2.24, 2.45) is 0 Å². The maximum Gasteiger partial charge on any atom is 0.322 e. The molecule has 0 radical (unpaired) electrons. The number of rotatable bonds is 5. The van der Waals surface area contributed by atoms with Crippen LogP contribution in [0.3, 0.4) is 0 Å². The summed E-state index contributed by atoms with van der Waals surface area (Å²) in [5.41, 5.74) is 2.99. The van der Waals surface area contributed by atoms with E-state index in [9.17, 15) is 14.9 Å². The highest BCUT2D eigenvalue weighted by Gasteiger charge is 2.21. The molecule has 0 bridgehead atoms. The van der Waals surface area contributed by atoms with E-state index in [1.165, 1.54) is 23.8 Å². The molecule has 8 heteroatoms. The van der Waals surface area contributed by atoms with Gasteiger partial charge in [-0.1, -0.05) is 35.4 Å². The Bertz CT molecular complexity index is 981. The van der Waals surface area contributed by atoms with Gasteiger partial charge in [-0.2, -0.15) is 0 Å². The van der Waals surface area contributed by atoms with Gasteiger partial charge in [-0.3, -0.25) is 20.2 Å². The second-order valence-corrected chi connectivity index (χ2v) is 5.82. The molecule has 0 unspecified atom stereocenters. The molecule has 1 amide bonds. The Morgan fingerprint density at radius 1 is 1.15 bits per heavy atom. The lowest BCUT2D eigenvalue weighted by Gasteiger charge is -2.03. The van der Waals surface area contributed by atoms with Crippen LogP contribution in [0.15, 0.2) is 46.9 Å². The first-order valence-corrected chi connectivity index (χ1v) is 7.87. The Morgan fingerprint density at radius 2 is 1.92 bits per heavy atom. The zero-order valence-corrected chi connectivity index (χ0v) is 14.2. The number of hydrogen-bond acceptors (Lipinski definition) is 6. The van der Waals surface area contributed by atoms with Crippen molar-refractivity contribution in [3.8, 4) is 0 Å². The summed E-state index contributed by atoms with van der Waals surface area (Å²) < 4.78 is 5.43. The molecule has 0 fully saturated rings. The average molecular weight is 352 g/mol. The van der Waals surface area contributed by atoms with Crippen LogP contribution in [-0.2, 0) is 6.42 Å². The molecule has 26 heavy (non-hydrogen) atoms. The number of aromatic nitrogens is 2. The largest absolute Gasteiger partial charge is 0.407 e. The summed E-state index contributed by atoms with van der Waals surface area (Å²) in [4.78, 5) is 22.6. The van der Waals surface area contributed by atoms with E-state index in [1.54, 1.807) is 6.07 Å². The van der Waals surface area contributed by atoms with Crippen LogP contribution in [0, 0.1) is 24.0 Å². The number of para-hydroxylation sites is 1. The number of nitro groups is 1. The van der Waals surface area contributed by atoms with E-state index in [0.29, 0.717) is 12.3 Å². The summed E-state index contributed by atoms with van der Waals surface area (Å²) in [5.74, 6) is -0.343. The molecule has 132 valence electrons. The maximum absolute atomic E-state index is 12.2. The molecule has 0 saturated carbocycles. The quantitative estimate of drug-likeness (QED) is 0.556. The third-order valence-electron chi connectivity index (χ3n) is 3.96. The van der Waals surface area contributed by atoms with Gasteiger partial charge >= 0.3 is 6.01 Å². The zero-order valence-electron chi connectivity index (χ0n) is 14.2. The molecule has 1 N–H and O–H groups in total. The van der Waals surface area contributed by atoms with Crippen LogP contribution in [0.1, 0.15) is 32.9 Å². The average Bonchev–Trinajstić information content (AvgIpc) is 3.05. The monoisotopic (exact) mass is 352 g/mol. The van der Waals surface area contributed by atoms with Crippen LogP contribution in [0.4, 0.5) is 11.7 Å². The molecule has 0 saturated heterocycles. The van der Waals surface area contributed by atoms with E-state index in [1.807, 2.05) is 32.0 Å². The Morgan fingerprint density at radius 3 is 2.65 bits per heavy atom. The molecule has 0 aliphatic heterocycles. The summed E-state index contributed by atoms with van der Waals surface area (Å²) in [7, 11) is 0. The number of aryl methyl sites for hydroxylation is 2. The van der Waals surface area contributed by atoms with E-state index in [2.05, 4.69) is 15.5 Å². The van der Waals surface area contributed by atoms with Gasteiger partial charge in [0.2, 0.25) is 5.89 Å². The normalized spacial score (nSPS) is 10.5. The van der Waals surface area contributed by atoms with Gasteiger partial charge in [0, 0.05) is 6.07 Å². The van der Waals surface area contributed by atoms with Gasteiger partial charge in [0.1, 0.15) is 5.56 Å². The van der Waals surface area contributed by atoms with Crippen molar-refractivity contribution >= 4 is 17.6 Å². The number of nitro benzene ring substituents is 1. The van der Waals surface area contributed by atoms with E-state index >= 15 is 0 Å². The van der Waals surface area contributed by atoms with Crippen molar-refractivity contribution in [1.82, 2.24) is 10.2 Å². The third kappa shape index (κ3) is 3.75. The van der Waals surface area contributed by atoms with E-state index in [0.717, 1.165) is 11.1 Å². The fourth-order valence-electron chi connectivity index (χ4n) is 2.45. The Labute approximate surface area is 149 Å². The topological polar surface area (TPSA) is 111 Å². The number of nitrogens with one attached hydrogen (secondary N) is 1. The number of carbonyl (C=O) groups is 1. The lowest BCUT2D eigenvalue weighted by molar-refractivity contribution is -0.385. The fraction of sp³-hybridized carbons (Fsp3) is 0.167. The minimum absolute atomic E-state index is 0.0774. The first kappa shape index (κ1) is 17.3. The van der Waals surface area contributed by atoms with Gasteiger partial charge in [-0.15, -0.1) is 5.10 Å². The molecular formula is C18H16N4O4. The number of nitrogens with zero attached hydrogens (tertiary/aromatic N) is 3. The van der Waals surface area contributed by atoms with Crippen LogP contribution in [0.2, 0.25) is 0 Å². The van der Waals surface area contributed by atoms with Crippen LogP contribution >= 0.6 is 0 Å². The lowest BCUT2D eigenvalue weighted by atomic mass is 10.0. The molecule has 0 aliphatic carbocycles. The predicted molar refractivity (Wildman–Crippen MR) is 94.1 cm³/mol. The minimum Gasteiger partial charge on any atom is -0.407 e. The van der Waals surface area contributed by atoms with Crippen LogP contribution < -0.4 is 5.32 Å². The molecule has 0 spiro atoms. The van der Waals surface area contributed by atoms with Gasteiger partial charge < -0.3 is 4.42 Å². The van der Waals surface area contributed by atoms with Crippen molar-refractivity contribution in [2.45, 2.75) is 20.3 Å². The van der Waals surface area contributed by atoms with E-state index in [-0.39, 0.29) is 17.3 Å². The number of anilines is 1. The standard InChI is InChI=1S/C18H16N4O4/c1-11-7-8-13(9-12(11)2)10-16-20-21-18(26-16)19-17(23)14-5-3-4-6-15(14)22(24)25/h3-9H,10H2,1-2H3,(H,19,21,23). The van der Waals surface area contributed by atoms with Crippen molar-refractivity contribution in [2.75, 3.05) is 5.32 Å². The Hall–Kier alpha value is -3.55. The lowest BCUT2D eigenvalue weighted by Crippen LogP contribution is -2.14. The first-order valence-electron chi connectivity index (χ1n) is 7.87. The number of amides is 1. The molecule has 3 rings (SSSR count). The highest BCUT2D eigenvalue weighted by molar-refractivity contribution is 6.06. The van der Waals surface area contributed by atoms with Crippen LogP contribution in [-0.4, -0.2) is 21.0 Å². The summed E-state index contributed by atoms with van der Waals surface area (Å²) in [6.45, 7) is 4.05. The molecule has 1 aromatic heterocycles. The summed E-state index contributed by atoms with van der Waals surface area (Å²) in [6.07, 6.45) is 0.426. The third-order valence-corrected chi connectivity index (χ3v) is 3.96. The highest BCUT2D eigenvalue weighted by Crippen LogP contribution is 2.20. The van der Waals surface area contributed by atoms with Gasteiger partial charge in [0.05, 0.1) is 11.3 Å². The molecule has 8 nitrogen and oxygen atoms in total. The number of hydrogen-bond donors (Lipinski definition) is 1. The van der Waals surface area contributed by atoms with Crippen LogP contribution in [0.25, 0.3) is 0 Å². The molecule has 3 aromatic rings. The second kappa shape index (κ2) is 7.14. The molecule has 0 aliphatic rings. The van der Waals surface area contributed by atoms with Crippen molar-refractivity contribution in [3.05, 3.63) is 80.7 Å². The Balaban J connectivity index is 1.73. The van der Waals surface area contributed by atoms with Crippen molar-refractivity contribution in [3.63, 3.8) is 0 Å². The molecule has 2 aromatic carbocycles. The molecule has 1 heterocycles. The van der Waals surface area contributed by atoms with Gasteiger partial charge in [-0.05, 0) is 36.6 Å². The second-order valence-electron chi connectivity index (χ2n) is 5.82. The van der Waals surface area contributed by atoms with E-state index < -0.39 is 10.8 Å². The summed E-state index contributed by atoms with van der Waals surface area (Å²) in [5, 5.41) is 21.1.